The van der Waals surface area contributed by atoms with Crippen molar-refractivity contribution >= 4 is 21.6 Å². The Kier molecular flexibility index (Phi) is 5.47. The molecular formula is C14H23BrN2. The molecule has 1 atom stereocenters. The summed E-state index contributed by atoms with van der Waals surface area (Å²) >= 11 is 3.55. The number of anilines is 1. The highest BCUT2D eigenvalue weighted by Gasteiger charge is 2.16. The molecule has 0 aliphatic rings. The molecular weight excluding hydrogens is 276 g/mol. The van der Waals surface area contributed by atoms with Gasteiger partial charge in [0.2, 0.25) is 0 Å². The summed E-state index contributed by atoms with van der Waals surface area (Å²) in [5.74, 6) is 0. The van der Waals surface area contributed by atoms with Crippen LogP contribution < -0.4 is 10.6 Å². The summed E-state index contributed by atoms with van der Waals surface area (Å²) in [7, 11) is 0. The van der Waals surface area contributed by atoms with Gasteiger partial charge in [0.05, 0.1) is 0 Å². The van der Waals surface area contributed by atoms with Crippen molar-refractivity contribution in [2.75, 3.05) is 11.4 Å². The van der Waals surface area contributed by atoms with Gasteiger partial charge in [0, 0.05) is 28.8 Å². The van der Waals surface area contributed by atoms with E-state index in [2.05, 4.69) is 59.8 Å². The number of hydrogen-bond donors (Lipinski definition) is 1. The Morgan fingerprint density at radius 2 is 1.94 bits per heavy atom. The lowest BCUT2D eigenvalue weighted by atomic mass is 10.0. The number of halogens is 1. The fourth-order valence-corrected chi connectivity index (χ4v) is 2.40. The van der Waals surface area contributed by atoms with Crippen LogP contribution >= 0.6 is 15.9 Å². The lowest BCUT2D eigenvalue weighted by molar-refractivity contribution is 0.662. The predicted molar refractivity (Wildman–Crippen MR) is 79.5 cm³/mol. The molecule has 1 aromatic carbocycles. The van der Waals surface area contributed by atoms with Gasteiger partial charge in [-0.05, 0) is 44.9 Å². The fraction of sp³-hybridized carbons (Fsp3) is 0.571. The zero-order chi connectivity index (χ0) is 13.0. The van der Waals surface area contributed by atoms with Crippen LogP contribution in [0, 0.1) is 0 Å². The Labute approximate surface area is 113 Å². The van der Waals surface area contributed by atoms with E-state index in [-0.39, 0.29) is 6.04 Å². The van der Waals surface area contributed by atoms with Crippen molar-refractivity contribution in [3.8, 4) is 0 Å². The third-order valence-corrected chi connectivity index (χ3v) is 3.37. The van der Waals surface area contributed by atoms with Crippen LogP contribution in [-0.4, -0.2) is 12.6 Å². The number of nitrogens with two attached hydrogens (primary N) is 1. The quantitative estimate of drug-likeness (QED) is 0.887. The molecule has 1 unspecified atom stereocenters. The van der Waals surface area contributed by atoms with Crippen LogP contribution in [0.5, 0.6) is 0 Å². The van der Waals surface area contributed by atoms with Crippen LogP contribution in [0.4, 0.5) is 5.69 Å². The maximum absolute atomic E-state index is 6.06. The molecule has 0 saturated carbocycles. The van der Waals surface area contributed by atoms with Crippen LogP contribution in [0.1, 0.15) is 45.7 Å². The van der Waals surface area contributed by atoms with E-state index in [1.54, 1.807) is 0 Å². The molecule has 2 nitrogen and oxygen atoms in total. The van der Waals surface area contributed by atoms with Gasteiger partial charge in [0.25, 0.3) is 0 Å². The summed E-state index contributed by atoms with van der Waals surface area (Å²) < 4.78 is 1.11. The summed E-state index contributed by atoms with van der Waals surface area (Å²) in [5.41, 5.74) is 8.53. The lowest BCUT2D eigenvalue weighted by Gasteiger charge is -2.31. The molecule has 0 saturated heterocycles. The van der Waals surface area contributed by atoms with E-state index in [9.17, 15) is 0 Å². The SMILES string of the molecule is CCCN(c1cc(Br)ccc1C(C)N)C(C)C. The molecule has 2 N–H and O–H groups in total. The highest BCUT2D eigenvalue weighted by Crippen LogP contribution is 2.30. The van der Waals surface area contributed by atoms with Gasteiger partial charge in [0.1, 0.15) is 0 Å². The standard InChI is InChI=1S/C14H23BrN2/c1-5-8-17(10(2)3)14-9-12(15)6-7-13(14)11(4)16/h6-7,9-11H,5,8,16H2,1-4H3. The predicted octanol–water partition coefficient (Wildman–Crippen LogP) is 4.09. The Morgan fingerprint density at radius 3 is 2.41 bits per heavy atom. The van der Waals surface area contributed by atoms with Gasteiger partial charge in [0.15, 0.2) is 0 Å². The monoisotopic (exact) mass is 298 g/mol. The third kappa shape index (κ3) is 3.71. The van der Waals surface area contributed by atoms with Crippen molar-refractivity contribution < 1.29 is 0 Å². The molecule has 0 aromatic heterocycles. The van der Waals surface area contributed by atoms with Crippen molar-refractivity contribution in [2.24, 2.45) is 5.73 Å². The van der Waals surface area contributed by atoms with Crippen molar-refractivity contribution in [3.05, 3.63) is 28.2 Å². The summed E-state index contributed by atoms with van der Waals surface area (Å²) in [6.45, 7) is 9.76. The molecule has 0 fully saturated rings. The molecule has 0 amide bonds. The van der Waals surface area contributed by atoms with Gasteiger partial charge < -0.3 is 10.6 Å². The molecule has 1 rings (SSSR count). The largest absolute Gasteiger partial charge is 0.369 e. The third-order valence-electron chi connectivity index (χ3n) is 2.88. The van der Waals surface area contributed by atoms with Crippen LogP contribution in [0.25, 0.3) is 0 Å². The van der Waals surface area contributed by atoms with Crippen LogP contribution in [0.15, 0.2) is 22.7 Å². The molecule has 0 spiro atoms. The highest BCUT2D eigenvalue weighted by molar-refractivity contribution is 9.10. The first-order chi connectivity index (χ1) is 7.97. The summed E-state index contributed by atoms with van der Waals surface area (Å²) in [4.78, 5) is 2.42. The first kappa shape index (κ1) is 14.5. The minimum Gasteiger partial charge on any atom is -0.369 e. The van der Waals surface area contributed by atoms with E-state index >= 15 is 0 Å². The Morgan fingerprint density at radius 1 is 1.29 bits per heavy atom. The summed E-state index contributed by atoms with van der Waals surface area (Å²) in [6.07, 6.45) is 1.14. The molecule has 96 valence electrons. The first-order valence-corrected chi connectivity index (χ1v) is 7.08. The second-order valence-corrected chi connectivity index (χ2v) is 5.69. The minimum atomic E-state index is 0.0659. The Balaban J connectivity index is 3.19. The molecule has 0 aliphatic heterocycles. The van der Waals surface area contributed by atoms with E-state index in [1.807, 2.05) is 6.92 Å². The smallest absolute Gasteiger partial charge is 0.0428 e. The minimum absolute atomic E-state index is 0.0659. The number of benzene rings is 1. The van der Waals surface area contributed by atoms with Gasteiger partial charge in [-0.25, -0.2) is 0 Å². The molecule has 17 heavy (non-hydrogen) atoms. The zero-order valence-electron chi connectivity index (χ0n) is 11.2. The van der Waals surface area contributed by atoms with Gasteiger partial charge in [-0.15, -0.1) is 0 Å². The molecule has 0 radical (unpaired) electrons. The maximum Gasteiger partial charge on any atom is 0.0428 e. The van der Waals surface area contributed by atoms with E-state index in [0.29, 0.717) is 6.04 Å². The van der Waals surface area contributed by atoms with Crippen molar-refractivity contribution in [3.63, 3.8) is 0 Å². The van der Waals surface area contributed by atoms with Crippen molar-refractivity contribution in [1.29, 1.82) is 0 Å². The van der Waals surface area contributed by atoms with E-state index in [4.69, 9.17) is 5.73 Å². The molecule has 0 bridgehead atoms. The highest BCUT2D eigenvalue weighted by atomic mass is 79.9. The molecule has 1 aromatic rings. The van der Waals surface area contributed by atoms with Gasteiger partial charge >= 0.3 is 0 Å². The van der Waals surface area contributed by atoms with Gasteiger partial charge in [-0.2, -0.15) is 0 Å². The number of hydrogen-bond acceptors (Lipinski definition) is 2. The fourth-order valence-electron chi connectivity index (χ4n) is 2.05. The second-order valence-electron chi connectivity index (χ2n) is 4.78. The maximum atomic E-state index is 6.06. The van der Waals surface area contributed by atoms with E-state index in [1.165, 1.54) is 11.3 Å². The van der Waals surface area contributed by atoms with Crippen LogP contribution in [0.3, 0.4) is 0 Å². The zero-order valence-corrected chi connectivity index (χ0v) is 12.8. The molecule has 3 heteroatoms. The van der Waals surface area contributed by atoms with E-state index in [0.717, 1.165) is 17.4 Å². The number of nitrogens with zero attached hydrogens (tertiary/aromatic N) is 1. The normalized spacial score (nSPS) is 12.9. The van der Waals surface area contributed by atoms with Gasteiger partial charge in [-0.3, -0.25) is 0 Å². The van der Waals surface area contributed by atoms with Crippen LogP contribution in [0.2, 0.25) is 0 Å². The molecule has 0 heterocycles. The average molecular weight is 299 g/mol. The summed E-state index contributed by atoms with van der Waals surface area (Å²) in [6, 6.07) is 6.91. The Hall–Kier alpha value is -0.540. The second kappa shape index (κ2) is 6.41. The van der Waals surface area contributed by atoms with E-state index < -0.39 is 0 Å². The average Bonchev–Trinajstić information content (AvgIpc) is 2.24. The lowest BCUT2D eigenvalue weighted by Crippen LogP contribution is -2.32. The van der Waals surface area contributed by atoms with Crippen LogP contribution in [-0.2, 0) is 0 Å². The first-order valence-electron chi connectivity index (χ1n) is 6.29. The Bertz CT molecular complexity index is 361. The van der Waals surface area contributed by atoms with Crippen molar-refractivity contribution in [1.82, 2.24) is 0 Å². The topological polar surface area (TPSA) is 29.3 Å². The van der Waals surface area contributed by atoms with Gasteiger partial charge in [-0.1, -0.05) is 28.9 Å². The number of rotatable bonds is 5. The van der Waals surface area contributed by atoms with Crippen molar-refractivity contribution in [2.45, 2.75) is 46.2 Å². The summed E-state index contributed by atoms with van der Waals surface area (Å²) in [5, 5.41) is 0. The molecule has 0 aliphatic carbocycles.